The summed E-state index contributed by atoms with van der Waals surface area (Å²) in [5.74, 6) is 0.744. The average Bonchev–Trinajstić information content (AvgIpc) is 3.11. The molecular weight excluding hydrogens is 368 g/mol. The zero-order chi connectivity index (χ0) is 18.1. The Morgan fingerprint density at radius 3 is 2.77 bits per heavy atom. The summed E-state index contributed by atoms with van der Waals surface area (Å²) >= 11 is 7.78. The van der Waals surface area contributed by atoms with Crippen molar-refractivity contribution in [3.8, 4) is 0 Å². The van der Waals surface area contributed by atoms with Gasteiger partial charge in [-0.2, -0.15) is 0 Å². The largest absolute Gasteiger partial charge is 0.308 e. The molecule has 1 fully saturated rings. The smallest absolute Gasteiger partial charge is 0.268 e. The topological polar surface area (TPSA) is 52.2 Å². The normalized spacial score (nSPS) is 17.6. The van der Waals surface area contributed by atoms with Crippen LogP contribution < -0.4 is 5.56 Å². The van der Waals surface area contributed by atoms with Crippen molar-refractivity contribution in [1.29, 1.82) is 0 Å². The van der Waals surface area contributed by atoms with Gasteiger partial charge in [-0.25, -0.2) is 4.98 Å². The Morgan fingerprint density at radius 2 is 2.00 bits per heavy atom. The lowest BCUT2D eigenvalue weighted by Gasteiger charge is -2.38. The molecule has 0 bridgehead atoms. The fraction of sp³-hybridized carbons (Fsp3) is 0.368. The third-order valence-electron chi connectivity index (χ3n) is 5.05. The van der Waals surface area contributed by atoms with E-state index in [1.165, 1.54) is 16.9 Å². The molecule has 0 aliphatic carbocycles. The predicted octanol–water partition coefficient (Wildman–Crippen LogP) is 3.52. The van der Waals surface area contributed by atoms with Gasteiger partial charge in [-0.15, -0.1) is 11.3 Å². The minimum Gasteiger partial charge on any atom is -0.308 e. The van der Waals surface area contributed by atoms with E-state index in [2.05, 4.69) is 32.8 Å². The van der Waals surface area contributed by atoms with Gasteiger partial charge in [0.25, 0.3) is 5.56 Å². The number of rotatable bonds is 4. The molecule has 3 aromatic rings. The molecule has 136 valence electrons. The second-order valence-corrected chi connectivity index (χ2v) is 7.98. The maximum Gasteiger partial charge on any atom is 0.268 e. The van der Waals surface area contributed by atoms with E-state index in [0.29, 0.717) is 17.3 Å². The van der Waals surface area contributed by atoms with E-state index in [9.17, 15) is 4.79 Å². The number of hydrogen-bond acceptors (Lipinski definition) is 5. The quantitative estimate of drug-likeness (QED) is 0.743. The van der Waals surface area contributed by atoms with Crippen molar-refractivity contribution in [3.63, 3.8) is 0 Å². The van der Waals surface area contributed by atoms with Gasteiger partial charge in [0.05, 0.1) is 12.1 Å². The van der Waals surface area contributed by atoms with E-state index in [1.54, 1.807) is 0 Å². The van der Waals surface area contributed by atoms with Crippen LogP contribution in [0.15, 0.2) is 40.5 Å². The zero-order valence-corrected chi connectivity index (χ0v) is 16.2. The fourth-order valence-corrected chi connectivity index (χ4v) is 4.55. The van der Waals surface area contributed by atoms with Gasteiger partial charge in [-0.05, 0) is 30.0 Å². The monoisotopic (exact) mass is 388 g/mol. The highest BCUT2D eigenvalue weighted by Crippen LogP contribution is 2.27. The molecule has 0 radical (unpaired) electrons. The molecule has 1 aliphatic rings. The molecule has 0 unspecified atom stereocenters. The summed E-state index contributed by atoms with van der Waals surface area (Å²) in [6, 6.07) is 10.3. The van der Waals surface area contributed by atoms with Gasteiger partial charge in [0, 0.05) is 37.2 Å². The van der Waals surface area contributed by atoms with E-state index >= 15 is 0 Å². The second-order valence-electron chi connectivity index (χ2n) is 6.66. The number of halogens is 1. The molecule has 0 amide bonds. The third-order valence-corrected chi connectivity index (χ3v) is 6.29. The van der Waals surface area contributed by atoms with Crippen LogP contribution in [0, 0.1) is 0 Å². The Labute approximate surface area is 161 Å². The molecule has 4 rings (SSSR count). The highest BCUT2D eigenvalue weighted by molar-refractivity contribution is 7.17. The van der Waals surface area contributed by atoms with Crippen molar-refractivity contribution < 1.29 is 0 Å². The first-order valence-corrected chi connectivity index (χ1v) is 10.0. The van der Waals surface area contributed by atoms with E-state index in [-0.39, 0.29) is 5.56 Å². The molecule has 0 spiro atoms. The maximum atomic E-state index is 12.1. The lowest BCUT2D eigenvalue weighted by molar-refractivity contribution is 0.0962. The van der Waals surface area contributed by atoms with Crippen LogP contribution in [-0.2, 0) is 6.54 Å². The van der Waals surface area contributed by atoms with Gasteiger partial charge in [0.2, 0.25) is 0 Å². The highest BCUT2D eigenvalue weighted by Gasteiger charge is 2.23. The Morgan fingerprint density at radius 1 is 1.23 bits per heavy atom. The summed E-state index contributed by atoms with van der Waals surface area (Å²) in [7, 11) is 0. The first-order chi connectivity index (χ1) is 12.6. The minimum atomic E-state index is -0.0361. The number of fused-ring (bicyclic) bond motifs is 1. The fourth-order valence-electron chi connectivity index (χ4n) is 3.53. The summed E-state index contributed by atoms with van der Waals surface area (Å²) < 4.78 is 0.701. The molecule has 5 nitrogen and oxygen atoms in total. The Bertz CT molecular complexity index is 961. The lowest BCUT2D eigenvalue weighted by Crippen LogP contribution is -2.47. The predicted molar refractivity (Wildman–Crippen MR) is 107 cm³/mol. The first-order valence-electron chi connectivity index (χ1n) is 8.79. The van der Waals surface area contributed by atoms with Crippen molar-refractivity contribution in [3.05, 3.63) is 62.5 Å². The van der Waals surface area contributed by atoms with Crippen LogP contribution in [0.4, 0.5) is 0 Å². The average molecular weight is 389 g/mol. The van der Waals surface area contributed by atoms with Crippen LogP contribution in [0.5, 0.6) is 0 Å². The molecule has 0 saturated carbocycles. The second kappa shape index (κ2) is 7.48. The third kappa shape index (κ3) is 3.55. The number of aromatic nitrogens is 2. The van der Waals surface area contributed by atoms with Gasteiger partial charge in [-0.1, -0.05) is 29.8 Å². The Hall–Kier alpha value is -1.73. The van der Waals surface area contributed by atoms with Crippen molar-refractivity contribution in [1.82, 2.24) is 19.8 Å². The maximum absolute atomic E-state index is 12.1. The van der Waals surface area contributed by atoms with Crippen molar-refractivity contribution in [2.75, 3.05) is 26.2 Å². The molecule has 1 aliphatic heterocycles. The number of piperazine rings is 1. The zero-order valence-electron chi connectivity index (χ0n) is 14.6. The number of H-pyrrole nitrogens is 1. The van der Waals surface area contributed by atoms with E-state index in [0.717, 1.165) is 42.5 Å². The SMILES string of the molecule is C[C@@H](c1ccccc1Cl)N1CCN(Cc2nc3ccsc3c(=O)[nH]2)CC1. The number of thiophene rings is 1. The molecule has 2 aromatic heterocycles. The number of hydrogen-bond donors (Lipinski definition) is 1. The summed E-state index contributed by atoms with van der Waals surface area (Å²) in [6.07, 6.45) is 0. The van der Waals surface area contributed by atoms with Gasteiger partial charge >= 0.3 is 0 Å². The molecule has 26 heavy (non-hydrogen) atoms. The first kappa shape index (κ1) is 17.7. The summed E-state index contributed by atoms with van der Waals surface area (Å²) in [5, 5.41) is 2.74. The minimum absolute atomic E-state index is 0.0361. The van der Waals surface area contributed by atoms with Crippen LogP contribution in [0.3, 0.4) is 0 Å². The van der Waals surface area contributed by atoms with Gasteiger partial charge in [-0.3, -0.25) is 14.6 Å². The van der Waals surface area contributed by atoms with Crippen LogP contribution in [-0.4, -0.2) is 45.9 Å². The van der Waals surface area contributed by atoms with Crippen molar-refractivity contribution in [2.45, 2.75) is 19.5 Å². The van der Waals surface area contributed by atoms with Crippen LogP contribution in [0.25, 0.3) is 10.2 Å². The Balaban J connectivity index is 1.40. The van der Waals surface area contributed by atoms with Crippen LogP contribution in [0.1, 0.15) is 24.4 Å². The van der Waals surface area contributed by atoms with E-state index in [4.69, 9.17) is 11.6 Å². The number of benzene rings is 1. The number of aromatic amines is 1. The van der Waals surface area contributed by atoms with Crippen LogP contribution in [0.2, 0.25) is 5.02 Å². The van der Waals surface area contributed by atoms with Gasteiger partial charge in [0.1, 0.15) is 10.5 Å². The number of nitrogens with one attached hydrogen (secondary N) is 1. The molecule has 7 heteroatoms. The summed E-state index contributed by atoms with van der Waals surface area (Å²) in [6.45, 7) is 6.71. The van der Waals surface area contributed by atoms with E-state index < -0.39 is 0 Å². The lowest BCUT2D eigenvalue weighted by atomic mass is 10.1. The number of nitrogens with zero attached hydrogens (tertiary/aromatic N) is 3. The molecule has 3 heterocycles. The van der Waals surface area contributed by atoms with Gasteiger partial charge in [0.15, 0.2) is 0 Å². The summed E-state index contributed by atoms with van der Waals surface area (Å²) in [5.41, 5.74) is 1.93. The molecule has 1 atom stereocenters. The molecule has 1 N–H and O–H groups in total. The van der Waals surface area contributed by atoms with Crippen molar-refractivity contribution in [2.24, 2.45) is 0 Å². The summed E-state index contributed by atoms with van der Waals surface area (Å²) in [4.78, 5) is 24.4. The molecular formula is C19H21ClN4OS. The molecule has 1 aromatic carbocycles. The standard InChI is InChI=1S/C19H21ClN4OS/c1-13(14-4-2-3-5-15(14)20)24-9-7-23(8-10-24)12-17-21-16-6-11-26-18(16)19(25)22-17/h2-6,11,13H,7-10,12H2,1H3,(H,21,22,25)/t13-/m0/s1. The highest BCUT2D eigenvalue weighted by atomic mass is 35.5. The van der Waals surface area contributed by atoms with Crippen LogP contribution >= 0.6 is 22.9 Å². The van der Waals surface area contributed by atoms with E-state index in [1.807, 2.05) is 29.6 Å². The molecule has 1 saturated heterocycles. The Kier molecular flexibility index (Phi) is 5.09. The van der Waals surface area contributed by atoms with Gasteiger partial charge < -0.3 is 4.98 Å². The van der Waals surface area contributed by atoms with Crippen molar-refractivity contribution >= 4 is 33.2 Å².